The van der Waals surface area contributed by atoms with E-state index in [9.17, 15) is 14.7 Å². The molecule has 0 radical (unpaired) electrons. The summed E-state index contributed by atoms with van der Waals surface area (Å²) in [4.78, 5) is 27.5. The van der Waals surface area contributed by atoms with Crippen molar-refractivity contribution < 1.29 is 19.4 Å². The van der Waals surface area contributed by atoms with Gasteiger partial charge in [-0.05, 0) is 24.6 Å². The van der Waals surface area contributed by atoms with E-state index in [0.29, 0.717) is 24.3 Å². The molecule has 1 saturated heterocycles. The standard InChI is InChI=1S/C24H24N2O4/c1-4-12-26-21(18-14-25(2)19-11-6-5-10-17(18)19)20(23(28)24(26)29)22(27)15-8-7-9-16(13-15)30-3/h5-11,13-14,21,27H,4,12H2,1-3H3/b22-20+. The van der Waals surface area contributed by atoms with Crippen LogP contribution in [0.3, 0.4) is 0 Å². The van der Waals surface area contributed by atoms with Crippen LogP contribution in [-0.2, 0) is 16.6 Å². The molecular weight excluding hydrogens is 380 g/mol. The predicted molar refractivity (Wildman–Crippen MR) is 115 cm³/mol. The molecular formula is C24H24N2O4. The Morgan fingerprint density at radius 1 is 1.13 bits per heavy atom. The van der Waals surface area contributed by atoms with Gasteiger partial charge in [0.2, 0.25) is 0 Å². The summed E-state index contributed by atoms with van der Waals surface area (Å²) in [5.41, 5.74) is 2.37. The van der Waals surface area contributed by atoms with Gasteiger partial charge >= 0.3 is 0 Å². The van der Waals surface area contributed by atoms with E-state index in [1.54, 1.807) is 29.2 Å². The third kappa shape index (κ3) is 3.05. The number of likely N-dealkylation sites (tertiary alicyclic amines) is 1. The number of hydrogen-bond acceptors (Lipinski definition) is 4. The lowest BCUT2D eigenvalue weighted by Gasteiger charge is -2.24. The van der Waals surface area contributed by atoms with Crippen molar-refractivity contribution in [3.05, 3.63) is 71.4 Å². The molecule has 4 rings (SSSR count). The molecule has 1 aliphatic heterocycles. The fraction of sp³-hybridized carbons (Fsp3) is 0.250. The van der Waals surface area contributed by atoms with E-state index in [4.69, 9.17) is 4.74 Å². The number of fused-ring (bicyclic) bond motifs is 1. The van der Waals surface area contributed by atoms with Gasteiger partial charge in [-0.15, -0.1) is 0 Å². The van der Waals surface area contributed by atoms with Crippen LogP contribution in [0.2, 0.25) is 0 Å². The molecule has 0 bridgehead atoms. The van der Waals surface area contributed by atoms with Crippen LogP contribution >= 0.6 is 0 Å². The molecule has 6 nitrogen and oxygen atoms in total. The first-order valence-corrected chi connectivity index (χ1v) is 9.94. The number of ketones is 1. The molecule has 0 aliphatic carbocycles. The van der Waals surface area contributed by atoms with Gasteiger partial charge in [0, 0.05) is 41.8 Å². The summed E-state index contributed by atoms with van der Waals surface area (Å²) in [6.07, 6.45) is 2.64. The maximum Gasteiger partial charge on any atom is 0.295 e. The molecule has 1 aromatic heterocycles. The molecule has 1 unspecified atom stereocenters. The van der Waals surface area contributed by atoms with Gasteiger partial charge in [-0.1, -0.05) is 37.3 Å². The molecule has 1 amide bonds. The van der Waals surface area contributed by atoms with Crippen molar-refractivity contribution in [3.8, 4) is 5.75 Å². The number of carbonyl (C=O) groups excluding carboxylic acids is 2. The number of carbonyl (C=O) groups is 2. The number of methoxy groups -OCH3 is 1. The zero-order valence-electron chi connectivity index (χ0n) is 17.3. The minimum absolute atomic E-state index is 0.109. The third-order valence-corrected chi connectivity index (χ3v) is 5.57. The Kier molecular flexibility index (Phi) is 5.08. The number of aromatic nitrogens is 1. The molecule has 2 aromatic carbocycles. The summed E-state index contributed by atoms with van der Waals surface area (Å²) < 4.78 is 7.22. The predicted octanol–water partition coefficient (Wildman–Crippen LogP) is 4.02. The van der Waals surface area contributed by atoms with E-state index in [1.807, 2.05) is 49.0 Å². The Hall–Kier alpha value is -3.54. The van der Waals surface area contributed by atoms with Crippen molar-refractivity contribution in [2.24, 2.45) is 7.05 Å². The van der Waals surface area contributed by atoms with E-state index >= 15 is 0 Å². The van der Waals surface area contributed by atoms with Crippen molar-refractivity contribution >= 4 is 28.4 Å². The van der Waals surface area contributed by atoms with Crippen molar-refractivity contribution in [1.29, 1.82) is 0 Å². The molecule has 1 N–H and O–H groups in total. The maximum atomic E-state index is 13.0. The van der Waals surface area contributed by atoms with Gasteiger partial charge in [-0.3, -0.25) is 9.59 Å². The Morgan fingerprint density at radius 3 is 2.63 bits per heavy atom. The van der Waals surface area contributed by atoms with Crippen molar-refractivity contribution in [2.75, 3.05) is 13.7 Å². The van der Waals surface area contributed by atoms with Crippen LogP contribution in [0.4, 0.5) is 0 Å². The number of benzene rings is 2. The van der Waals surface area contributed by atoms with Gasteiger partial charge in [-0.2, -0.15) is 0 Å². The fourth-order valence-corrected chi connectivity index (χ4v) is 4.19. The lowest BCUT2D eigenvalue weighted by atomic mass is 9.95. The number of aliphatic hydroxyl groups is 1. The van der Waals surface area contributed by atoms with Crippen molar-refractivity contribution in [2.45, 2.75) is 19.4 Å². The van der Waals surface area contributed by atoms with E-state index in [1.165, 1.54) is 7.11 Å². The molecule has 1 fully saturated rings. The lowest BCUT2D eigenvalue weighted by Crippen LogP contribution is -2.30. The van der Waals surface area contributed by atoms with Crippen LogP contribution < -0.4 is 4.74 Å². The second-order valence-electron chi connectivity index (χ2n) is 7.44. The molecule has 30 heavy (non-hydrogen) atoms. The van der Waals surface area contributed by atoms with E-state index in [-0.39, 0.29) is 11.3 Å². The summed E-state index contributed by atoms with van der Waals surface area (Å²) in [6.45, 7) is 2.38. The number of aryl methyl sites for hydroxylation is 1. The highest BCUT2D eigenvalue weighted by molar-refractivity contribution is 6.46. The zero-order valence-corrected chi connectivity index (χ0v) is 17.3. The van der Waals surface area contributed by atoms with Gasteiger partial charge in [0.15, 0.2) is 0 Å². The van der Waals surface area contributed by atoms with Crippen LogP contribution in [0, 0.1) is 0 Å². The van der Waals surface area contributed by atoms with Crippen molar-refractivity contribution in [1.82, 2.24) is 9.47 Å². The molecule has 3 aromatic rings. The summed E-state index contributed by atoms with van der Waals surface area (Å²) in [5.74, 6) is -0.881. The fourth-order valence-electron chi connectivity index (χ4n) is 4.19. The zero-order chi connectivity index (χ0) is 21.4. The number of ether oxygens (including phenoxy) is 1. The number of hydrogen-bond donors (Lipinski definition) is 1. The van der Waals surface area contributed by atoms with E-state index in [2.05, 4.69) is 0 Å². The number of rotatable bonds is 5. The summed E-state index contributed by atoms with van der Waals surface area (Å²) in [7, 11) is 3.47. The quantitative estimate of drug-likeness (QED) is 0.396. The lowest BCUT2D eigenvalue weighted by molar-refractivity contribution is -0.139. The monoisotopic (exact) mass is 404 g/mol. The molecule has 1 atom stereocenters. The van der Waals surface area contributed by atoms with Gasteiger partial charge < -0.3 is 19.3 Å². The minimum atomic E-state index is -0.665. The molecule has 6 heteroatoms. The van der Waals surface area contributed by atoms with Crippen LogP contribution in [0.5, 0.6) is 5.75 Å². The smallest absolute Gasteiger partial charge is 0.295 e. The highest BCUT2D eigenvalue weighted by atomic mass is 16.5. The number of amides is 1. The molecule has 1 aliphatic rings. The molecule has 0 spiro atoms. The first kappa shape index (κ1) is 19.8. The molecule has 154 valence electrons. The first-order valence-electron chi connectivity index (χ1n) is 9.94. The van der Waals surface area contributed by atoms with Crippen LogP contribution in [-0.4, -0.2) is 39.9 Å². The van der Waals surface area contributed by atoms with Gasteiger partial charge in [0.05, 0.1) is 18.7 Å². The number of nitrogens with zero attached hydrogens (tertiary/aromatic N) is 2. The maximum absolute atomic E-state index is 13.0. The number of para-hydroxylation sites is 1. The highest BCUT2D eigenvalue weighted by Crippen LogP contribution is 2.42. The van der Waals surface area contributed by atoms with Crippen LogP contribution in [0.15, 0.2) is 60.3 Å². The first-order chi connectivity index (χ1) is 14.5. The second kappa shape index (κ2) is 7.71. The van der Waals surface area contributed by atoms with Crippen molar-refractivity contribution in [3.63, 3.8) is 0 Å². The average Bonchev–Trinajstić information content (AvgIpc) is 3.22. The third-order valence-electron chi connectivity index (χ3n) is 5.57. The Morgan fingerprint density at radius 2 is 1.90 bits per heavy atom. The Bertz CT molecular complexity index is 1170. The Labute approximate surface area is 175 Å². The van der Waals surface area contributed by atoms with E-state index < -0.39 is 17.7 Å². The van der Waals surface area contributed by atoms with Gasteiger partial charge in [-0.25, -0.2) is 0 Å². The van der Waals surface area contributed by atoms with Crippen LogP contribution in [0.1, 0.15) is 30.5 Å². The normalized spacial score (nSPS) is 18.4. The molecule has 2 heterocycles. The molecule has 0 saturated carbocycles. The number of Topliss-reactive ketones (excluding diaryl/α,β-unsaturated/α-hetero) is 1. The topological polar surface area (TPSA) is 71.8 Å². The van der Waals surface area contributed by atoms with Crippen LogP contribution in [0.25, 0.3) is 16.7 Å². The van der Waals surface area contributed by atoms with E-state index in [0.717, 1.165) is 16.5 Å². The van der Waals surface area contributed by atoms with Gasteiger partial charge in [0.25, 0.3) is 11.7 Å². The van der Waals surface area contributed by atoms with Gasteiger partial charge in [0.1, 0.15) is 11.5 Å². The highest BCUT2D eigenvalue weighted by Gasteiger charge is 2.46. The minimum Gasteiger partial charge on any atom is -0.507 e. The largest absolute Gasteiger partial charge is 0.507 e. The average molecular weight is 404 g/mol. The summed E-state index contributed by atoms with van der Waals surface area (Å²) in [6, 6.07) is 14.0. The Balaban J connectivity index is 1.97. The summed E-state index contributed by atoms with van der Waals surface area (Å²) >= 11 is 0. The summed E-state index contributed by atoms with van der Waals surface area (Å²) in [5, 5.41) is 12.1. The second-order valence-corrected chi connectivity index (χ2v) is 7.44. The number of aliphatic hydroxyl groups excluding tert-OH is 1. The SMILES string of the molecule is CCCN1C(=O)C(=O)/C(=C(/O)c2cccc(OC)c2)C1c1cn(C)c2ccccc12.